The third-order valence-corrected chi connectivity index (χ3v) is 15.7. The van der Waals surface area contributed by atoms with Crippen LogP contribution in [0.4, 0.5) is 0 Å². The van der Waals surface area contributed by atoms with Crippen LogP contribution in [0.3, 0.4) is 0 Å². The van der Waals surface area contributed by atoms with E-state index in [0.717, 1.165) is 0 Å². The first kappa shape index (κ1) is 14.4. The van der Waals surface area contributed by atoms with Gasteiger partial charge in [-0.2, -0.15) is 0 Å². The van der Waals surface area contributed by atoms with Crippen molar-refractivity contribution in [2.45, 2.75) is 7.43 Å². The Morgan fingerprint density at radius 3 is 1.28 bits per heavy atom. The van der Waals surface area contributed by atoms with Gasteiger partial charge in [0.15, 0.2) is 29.3 Å². The van der Waals surface area contributed by atoms with Crippen LogP contribution in [0.1, 0.15) is 7.43 Å². The molecule has 0 atom stereocenters. The fourth-order valence-corrected chi connectivity index (χ4v) is 12.5. The second-order valence-corrected chi connectivity index (χ2v) is 13.0. The summed E-state index contributed by atoms with van der Waals surface area (Å²) in [4.78, 5) is 0. The molecule has 0 fully saturated rings. The van der Waals surface area contributed by atoms with Crippen molar-refractivity contribution in [2.24, 2.45) is 0 Å². The molecule has 0 aliphatic rings. The van der Waals surface area contributed by atoms with Crippen LogP contribution in [0, 0.1) is 0 Å². The van der Waals surface area contributed by atoms with Crippen molar-refractivity contribution >= 4 is 69.3 Å². The van der Waals surface area contributed by atoms with Crippen LogP contribution in [-0.2, 0) is 0 Å². The van der Waals surface area contributed by atoms with Crippen molar-refractivity contribution in [3.63, 3.8) is 0 Å². The molecule has 0 saturated heterocycles. The maximum atomic E-state index is 4.09. The van der Waals surface area contributed by atoms with Crippen molar-refractivity contribution in [3.05, 3.63) is 52.5 Å². The van der Waals surface area contributed by atoms with Gasteiger partial charge in [0.25, 0.3) is 0 Å². The van der Waals surface area contributed by atoms with E-state index in [2.05, 4.69) is 68.0 Å². The van der Waals surface area contributed by atoms with E-state index in [0.29, 0.717) is 0 Å². The van der Waals surface area contributed by atoms with E-state index in [-0.39, 0.29) is 7.43 Å². The highest BCUT2D eigenvalue weighted by molar-refractivity contribution is 9.45. The van der Waals surface area contributed by atoms with Gasteiger partial charge in [0, 0.05) is 0 Å². The molecular weight excluding hydrogens is 363 g/mol. The highest BCUT2D eigenvalue weighted by Crippen LogP contribution is 2.65. The normalized spacial score (nSPS) is 11.2. The number of rotatable bonds is 3. The number of thiophene rings is 3. The van der Waals surface area contributed by atoms with Gasteiger partial charge < -0.3 is 0 Å². The standard InChI is InChI=1S/C12H9BrPS3.CH4/c13-14(10-4-1-7-15-10,11-5-2-8-16-11)12-6-3-9-17-12;/h1-9H;1H4/q+1;. The van der Waals surface area contributed by atoms with E-state index in [1.165, 1.54) is 13.9 Å². The van der Waals surface area contributed by atoms with Gasteiger partial charge in [0.1, 0.15) is 0 Å². The summed E-state index contributed by atoms with van der Waals surface area (Å²) in [7, 11) is 0. The van der Waals surface area contributed by atoms with E-state index >= 15 is 0 Å². The third-order valence-electron chi connectivity index (χ3n) is 2.43. The van der Waals surface area contributed by atoms with Crippen molar-refractivity contribution in [3.8, 4) is 0 Å². The summed E-state index contributed by atoms with van der Waals surface area (Å²) < 4.78 is 4.34. The SMILES string of the molecule is Br[P+](c1cccs1)(c1cccs1)c1cccs1.C. The average molecular weight is 376 g/mol. The fourth-order valence-electron chi connectivity index (χ4n) is 1.66. The Balaban J connectivity index is 0.00000120. The first-order valence-electron chi connectivity index (χ1n) is 5.03. The second kappa shape index (κ2) is 5.98. The van der Waals surface area contributed by atoms with Gasteiger partial charge in [-0.25, -0.2) is 0 Å². The lowest BCUT2D eigenvalue weighted by Gasteiger charge is -2.13. The fraction of sp³-hybridized carbons (Fsp3) is 0.0769. The summed E-state index contributed by atoms with van der Waals surface area (Å²) in [5.41, 5.74) is 0. The Kier molecular flexibility index (Phi) is 4.79. The van der Waals surface area contributed by atoms with E-state index in [1.54, 1.807) is 0 Å². The lowest BCUT2D eigenvalue weighted by molar-refractivity contribution is 2.04. The van der Waals surface area contributed by atoms with Crippen molar-refractivity contribution in [2.75, 3.05) is 0 Å². The Bertz CT molecular complexity index is 486. The molecule has 0 amide bonds. The molecule has 0 spiro atoms. The molecule has 18 heavy (non-hydrogen) atoms. The minimum absolute atomic E-state index is 0. The lowest BCUT2D eigenvalue weighted by Crippen LogP contribution is -2.20. The third kappa shape index (κ3) is 2.37. The van der Waals surface area contributed by atoms with Crippen LogP contribution in [-0.4, -0.2) is 0 Å². The first-order valence-corrected chi connectivity index (χ1v) is 11.5. The van der Waals surface area contributed by atoms with Crippen molar-refractivity contribution < 1.29 is 0 Å². The van der Waals surface area contributed by atoms with Gasteiger partial charge >= 0.3 is 0 Å². The van der Waals surface area contributed by atoms with Crippen molar-refractivity contribution in [1.29, 1.82) is 0 Å². The predicted molar refractivity (Wildman–Crippen MR) is 94.4 cm³/mol. The van der Waals surface area contributed by atoms with Crippen LogP contribution in [0.2, 0.25) is 0 Å². The molecule has 3 aromatic rings. The van der Waals surface area contributed by atoms with Gasteiger partial charge in [-0.05, 0) is 52.5 Å². The van der Waals surface area contributed by atoms with Gasteiger partial charge in [-0.3, -0.25) is 0 Å². The molecule has 94 valence electrons. The molecule has 0 nitrogen and oxygen atoms in total. The zero-order chi connectivity index (χ0) is 11.7. The first-order chi connectivity index (χ1) is 8.32. The van der Waals surface area contributed by atoms with Gasteiger partial charge in [-0.1, -0.05) is 7.43 Å². The molecule has 3 rings (SSSR count). The molecule has 5 heteroatoms. The van der Waals surface area contributed by atoms with Crippen LogP contribution in [0.15, 0.2) is 52.5 Å². The summed E-state index contributed by atoms with van der Waals surface area (Å²) in [6.07, 6.45) is 0. The second-order valence-electron chi connectivity index (χ2n) is 3.44. The predicted octanol–water partition coefficient (Wildman–Crippen LogP) is 5.11. The summed E-state index contributed by atoms with van der Waals surface area (Å²) in [6.45, 7) is 0. The molecule has 0 aromatic carbocycles. The van der Waals surface area contributed by atoms with Crippen LogP contribution in [0.5, 0.6) is 0 Å². The summed E-state index contributed by atoms with van der Waals surface area (Å²) in [6, 6.07) is 13.1. The Labute approximate surface area is 128 Å². The number of hydrogen-bond acceptors (Lipinski definition) is 3. The Morgan fingerprint density at radius 1 is 0.722 bits per heavy atom. The van der Waals surface area contributed by atoms with Crippen LogP contribution in [0.25, 0.3) is 0 Å². The number of hydrogen-bond donors (Lipinski definition) is 0. The van der Waals surface area contributed by atoms with E-state index < -0.39 is 5.96 Å². The average Bonchev–Trinajstić information content (AvgIpc) is 3.10. The molecular formula is C13H13BrPS3+. The zero-order valence-corrected chi connectivity index (χ0v) is 13.7. The molecule has 3 aromatic heterocycles. The smallest absolute Gasteiger partial charge is 0.106 e. The topological polar surface area (TPSA) is 0 Å². The molecule has 0 bridgehead atoms. The Morgan fingerprint density at radius 2 is 1.06 bits per heavy atom. The maximum absolute atomic E-state index is 4.09. The monoisotopic (exact) mass is 375 g/mol. The highest BCUT2D eigenvalue weighted by atomic mass is 79.9. The molecule has 0 radical (unpaired) electrons. The molecule has 3 heterocycles. The van der Waals surface area contributed by atoms with Gasteiger partial charge in [-0.15, -0.1) is 34.0 Å². The number of halogens is 1. The highest BCUT2D eigenvalue weighted by Gasteiger charge is 2.46. The minimum atomic E-state index is -1.52. The molecule has 0 aliphatic heterocycles. The molecule has 0 aliphatic carbocycles. The lowest BCUT2D eigenvalue weighted by atomic mass is 10.7. The maximum Gasteiger partial charge on any atom is 0.212 e. The largest absolute Gasteiger partial charge is 0.212 e. The van der Waals surface area contributed by atoms with Gasteiger partial charge in [0.2, 0.25) is 5.96 Å². The summed E-state index contributed by atoms with van der Waals surface area (Å²) in [5.74, 6) is -1.52. The summed E-state index contributed by atoms with van der Waals surface area (Å²) >= 11 is 9.62. The minimum Gasteiger partial charge on any atom is -0.106 e. The molecule has 0 saturated carbocycles. The van der Waals surface area contributed by atoms with E-state index in [4.69, 9.17) is 0 Å². The van der Waals surface area contributed by atoms with Crippen LogP contribution >= 0.6 is 55.5 Å². The van der Waals surface area contributed by atoms with E-state index in [1.807, 2.05) is 34.0 Å². The quantitative estimate of drug-likeness (QED) is 0.557. The molecule has 0 N–H and O–H groups in total. The Hall–Kier alpha value is 0.01000. The van der Waals surface area contributed by atoms with Crippen LogP contribution < -0.4 is 13.9 Å². The summed E-state index contributed by atoms with van der Waals surface area (Å²) in [5, 5.41) is 6.48. The van der Waals surface area contributed by atoms with Crippen molar-refractivity contribution in [1.82, 2.24) is 0 Å². The van der Waals surface area contributed by atoms with E-state index in [9.17, 15) is 0 Å². The van der Waals surface area contributed by atoms with Gasteiger partial charge in [0.05, 0.1) is 0 Å². The zero-order valence-electron chi connectivity index (χ0n) is 8.75. The molecule has 0 unspecified atom stereocenters.